The van der Waals surface area contributed by atoms with Crippen molar-refractivity contribution >= 4 is 60.5 Å². The Balaban J connectivity index is 1.67. The van der Waals surface area contributed by atoms with E-state index in [4.69, 9.17) is 23.2 Å². The fraction of sp³-hybridized carbons (Fsp3) is 0.0952. The SMILES string of the molecule is Cc1ccc2nc(-c3ccc(NS(=O)(=O)c4cccc(Cl)c4C)cc3Cl)sc2c1. The Morgan fingerprint density at radius 1 is 0.966 bits per heavy atom. The van der Waals surface area contributed by atoms with Gasteiger partial charge >= 0.3 is 0 Å². The van der Waals surface area contributed by atoms with Crippen molar-refractivity contribution in [3.8, 4) is 10.6 Å². The lowest BCUT2D eigenvalue weighted by atomic mass is 10.2. The second-order valence-electron chi connectivity index (χ2n) is 6.65. The van der Waals surface area contributed by atoms with Crippen LogP contribution < -0.4 is 4.72 Å². The van der Waals surface area contributed by atoms with Crippen LogP contribution in [-0.4, -0.2) is 13.4 Å². The van der Waals surface area contributed by atoms with Crippen molar-refractivity contribution < 1.29 is 8.42 Å². The van der Waals surface area contributed by atoms with Gasteiger partial charge in [-0.2, -0.15) is 0 Å². The van der Waals surface area contributed by atoms with Gasteiger partial charge in [0.15, 0.2) is 0 Å². The summed E-state index contributed by atoms with van der Waals surface area (Å²) in [4.78, 5) is 4.77. The Morgan fingerprint density at radius 3 is 2.52 bits per heavy atom. The van der Waals surface area contributed by atoms with Crippen molar-refractivity contribution in [1.29, 1.82) is 0 Å². The molecule has 0 aliphatic carbocycles. The number of halogens is 2. The van der Waals surface area contributed by atoms with E-state index in [2.05, 4.69) is 15.8 Å². The van der Waals surface area contributed by atoms with Gasteiger partial charge in [-0.15, -0.1) is 11.3 Å². The topological polar surface area (TPSA) is 59.1 Å². The van der Waals surface area contributed by atoms with Crippen LogP contribution in [-0.2, 0) is 10.0 Å². The van der Waals surface area contributed by atoms with Gasteiger partial charge in [-0.1, -0.05) is 35.3 Å². The molecule has 0 amide bonds. The van der Waals surface area contributed by atoms with Crippen molar-refractivity contribution in [1.82, 2.24) is 4.98 Å². The Bertz CT molecular complexity index is 1350. The molecule has 8 heteroatoms. The molecule has 0 radical (unpaired) electrons. The number of hydrogen-bond donors (Lipinski definition) is 1. The molecule has 4 aromatic rings. The molecule has 4 nitrogen and oxygen atoms in total. The molecule has 1 aromatic heterocycles. The van der Waals surface area contributed by atoms with Crippen LogP contribution >= 0.6 is 34.5 Å². The normalized spacial score (nSPS) is 11.7. The maximum atomic E-state index is 12.8. The van der Waals surface area contributed by atoms with Gasteiger partial charge in [0, 0.05) is 10.6 Å². The molecule has 29 heavy (non-hydrogen) atoms. The van der Waals surface area contributed by atoms with Crippen LogP contribution in [0.4, 0.5) is 5.69 Å². The van der Waals surface area contributed by atoms with E-state index < -0.39 is 10.0 Å². The maximum absolute atomic E-state index is 12.8. The van der Waals surface area contributed by atoms with Crippen LogP contribution in [0.2, 0.25) is 10.0 Å². The second-order valence-corrected chi connectivity index (χ2v) is 10.1. The molecule has 0 spiro atoms. The zero-order valence-electron chi connectivity index (χ0n) is 15.5. The van der Waals surface area contributed by atoms with Crippen LogP contribution in [0.1, 0.15) is 11.1 Å². The number of nitrogens with zero attached hydrogens (tertiary/aromatic N) is 1. The molecule has 0 atom stereocenters. The van der Waals surface area contributed by atoms with Crippen molar-refractivity contribution in [2.75, 3.05) is 4.72 Å². The van der Waals surface area contributed by atoms with Crippen molar-refractivity contribution in [3.63, 3.8) is 0 Å². The highest BCUT2D eigenvalue weighted by Crippen LogP contribution is 2.36. The Labute approximate surface area is 183 Å². The monoisotopic (exact) mass is 462 g/mol. The van der Waals surface area contributed by atoms with Gasteiger partial charge in [-0.3, -0.25) is 4.72 Å². The summed E-state index contributed by atoms with van der Waals surface area (Å²) in [5.74, 6) is 0. The first-order valence-corrected chi connectivity index (χ1v) is 11.8. The molecule has 0 aliphatic heterocycles. The van der Waals surface area contributed by atoms with Crippen LogP contribution in [0.25, 0.3) is 20.8 Å². The smallest absolute Gasteiger partial charge is 0.262 e. The lowest BCUT2D eigenvalue weighted by Crippen LogP contribution is -2.14. The fourth-order valence-electron chi connectivity index (χ4n) is 2.99. The van der Waals surface area contributed by atoms with Gasteiger partial charge in [-0.25, -0.2) is 13.4 Å². The first kappa shape index (κ1) is 20.2. The molecular weight excluding hydrogens is 447 g/mol. The van der Waals surface area contributed by atoms with Crippen molar-refractivity contribution in [2.24, 2.45) is 0 Å². The van der Waals surface area contributed by atoms with Gasteiger partial charge in [0.1, 0.15) is 5.01 Å². The standard InChI is InChI=1S/C21H16Cl2N2O2S2/c1-12-6-9-18-19(10-12)28-21(24-18)15-8-7-14(11-17(15)23)25-29(26,27)20-5-3-4-16(22)13(20)2/h3-11,25H,1-2H3. The number of aromatic nitrogens is 1. The summed E-state index contributed by atoms with van der Waals surface area (Å²) < 4.78 is 29.2. The average molecular weight is 463 g/mol. The molecule has 1 heterocycles. The van der Waals surface area contributed by atoms with Crippen LogP contribution in [0.15, 0.2) is 59.5 Å². The lowest BCUT2D eigenvalue weighted by Gasteiger charge is -2.12. The second kappa shape index (κ2) is 7.61. The zero-order chi connectivity index (χ0) is 20.8. The van der Waals surface area contributed by atoms with E-state index >= 15 is 0 Å². The third-order valence-electron chi connectivity index (χ3n) is 4.50. The summed E-state index contributed by atoms with van der Waals surface area (Å²) in [5, 5.41) is 1.60. The Kier molecular flexibility index (Phi) is 5.29. The van der Waals surface area contributed by atoms with E-state index in [1.165, 1.54) is 11.6 Å². The highest BCUT2D eigenvalue weighted by Gasteiger charge is 2.19. The predicted octanol–water partition coefficient (Wildman–Crippen LogP) is 6.69. The van der Waals surface area contributed by atoms with Gasteiger partial charge in [-0.05, 0) is 67.4 Å². The zero-order valence-corrected chi connectivity index (χ0v) is 18.7. The molecule has 148 valence electrons. The van der Waals surface area contributed by atoms with Gasteiger partial charge in [0.2, 0.25) is 0 Å². The highest BCUT2D eigenvalue weighted by atomic mass is 35.5. The molecular formula is C21H16Cl2N2O2S2. The Morgan fingerprint density at radius 2 is 1.76 bits per heavy atom. The van der Waals surface area contributed by atoms with Gasteiger partial charge < -0.3 is 0 Å². The maximum Gasteiger partial charge on any atom is 0.262 e. The predicted molar refractivity (Wildman–Crippen MR) is 122 cm³/mol. The molecule has 0 fully saturated rings. The summed E-state index contributed by atoms with van der Waals surface area (Å²) in [6, 6.07) is 15.9. The number of aryl methyl sites for hydroxylation is 1. The van der Waals surface area contributed by atoms with Gasteiger partial charge in [0.05, 0.1) is 25.8 Å². The number of benzene rings is 3. The van der Waals surface area contributed by atoms with E-state index in [0.29, 0.717) is 21.3 Å². The van der Waals surface area contributed by atoms with E-state index in [9.17, 15) is 8.42 Å². The minimum absolute atomic E-state index is 0.131. The fourth-order valence-corrected chi connectivity index (χ4v) is 5.97. The minimum Gasteiger partial charge on any atom is -0.280 e. The number of hydrogen-bond acceptors (Lipinski definition) is 4. The van der Waals surface area contributed by atoms with Crippen LogP contribution in [0.3, 0.4) is 0 Å². The largest absolute Gasteiger partial charge is 0.280 e. The van der Waals surface area contributed by atoms with E-state index in [1.54, 1.807) is 48.6 Å². The average Bonchev–Trinajstić information content (AvgIpc) is 3.06. The molecule has 0 unspecified atom stereocenters. The van der Waals surface area contributed by atoms with Crippen molar-refractivity contribution in [2.45, 2.75) is 18.7 Å². The summed E-state index contributed by atoms with van der Waals surface area (Å²) in [6.07, 6.45) is 0. The summed E-state index contributed by atoms with van der Waals surface area (Å²) >= 11 is 14.1. The number of sulfonamides is 1. The molecule has 1 N–H and O–H groups in total. The van der Waals surface area contributed by atoms with E-state index in [1.807, 2.05) is 19.1 Å². The highest BCUT2D eigenvalue weighted by molar-refractivity contribution is 7.92. The van der Waals surface area contributed by atoms with Crippen molar-refractivity contribution in [3.05, 3.63) is 75.8 Å². The van der Waals surface area contributed by atoms with E-state index in [-0.39, 0.29) is 4.90 Å². The Hall–Kier alpha value is -2.12. The summed E-state index contributed by atoms with van der Waals surface area (Å²) in [7, 11) is -3.79. The lowest BCUT2D eigenvalue weighted by molar-refractivity contribution is 0.600. The number of fused-ring (bicyclic) bond motifs is 1. The quantitative estimate of drug-likeness (QED) is 0.367. The first-order valence-electron chi connectivity index (χ1n) is 8.70. The van der Waals surface area contributed by atoms with Crippen LogP contribution in [0.5, 0.6) is 0 Å². The van der Waals surface area contributed by atoms with Crippen LogP contribution in [0, 0.1) is 13.8 Å². The van der Waals surface area contributed by atoms with E-state index in [0.717, 1.165) is 20.8 Å². The summed E-state index contributed by atoms with van der Waals surface area (Å²) in [5.41, 5.74) is 3.70. The first-order chi connectivity index (χ1) is 13.7. The molecule has 4 rings (SSSR count). The molecule has 0 saturated heterocycles. The number of nitrogens with one attached hydrogen (secondary N) is 1. The third-order valence-corrected chi connectivity index (χ3v) is 7.80. The molecule has 0 bridgehead atoms. The number of anilines is 1. The third kappa shape index (κ3) is 3.98. The van der Waals surface area contributed by atoms with Gasteiger partial charge in [0.25, 0.3) is 10.0 Å². The number of rotatable bonds is 4. The molecule has 0 saturated carbocycles. The summed E-state index contributed by atoms with van der Waals surface area (Å²) in [6.45, 7) is 3.70. The minimum atomic E-state index is -3.79. The number of thiazole rings is 1. The molecule has 0 aliphatic rings. The molecule has 3 aromatic carbocycles.